The third-order valence-corrected chi connectivity index (χ3v) is 16.4. The van der Waals surface area contributed by atoms with Crippen LogP contribution in [-0.4, -0.2) is 75.3 Å². The van der Waals surface area contributed by atoms with Crippen LogP contribution in [0.5, 0.6) is 11.5 Å². The number of benzene rings is 4. The molecule has 0 bridgehead atoms. The number of aliphatic hydroxyl groups is 1. The SMILES string of the molecule is C=CCN1C(=O)[C@]2(O[C@H](CC(=O)N3Cc4ccccc4C[C@H]3CO)[C@@H]([Si](C)(C)c3ccc(OC)cc3)[C@@H]2C)c2cc(NC(=O)c3ccc(OC)cc3)ccc21. The van der Waals surface area contributed by atoms with Gasteiger partial charge in [-0.2, -0.15) is 0 Å². The van der Waals surface area contributed by atoms with Gasteiger partial charge in [0, 0.05) is 35.8 Å². The van der Waals surface area contributed by atoms with E-state index >= 15 is 0 Å². The number of rotatable bonds is 11. The Morgan fingerprint density at radius 1 is 0.982 bits per heavy atom. The molecule has 1 fully saturated rings. The Kier molecular flexibility index (Phi) is 10.5. The third kappa shape index (κ3) is 6.64. The number of methoxy groups -OCH3 is 2. The van der Waals surface area contributed by atoms with Crippen molar-refractivity contribution in [2.45, 2.75) is 62.7 Å². The standard InChI is InChI=1S/C44H49N3O7Si/c1-7-22-46-38-21-14-32(45-42(50)29-12-15-34(52-3)16-13-29)24-37(38)44(43(46)51)28(2)41(55(5,6)36-19-17-35(53-4)18-20-36)39(54-44)25-40(49)47-26-31-11-9-8-10-30(31)23-33(47)27-48/h7-21,24,28,33,39,41,48H,1,22-23,25-27H2,2-6H3,(H,45,50)/t28-,33-,39+,41-,44+/m0/s1. The van der Waals surface area contributed by atoms with Crippen molar-refractivity contribution in [3.8, 4) is 11.5 Å². The van der Waals surface area contributed by atoms with Crippen LogP contribution in [0.25, 0.3) is 0 Å². The molecule has 11 heteroatoms. The van der Waals surface area contributed by atoms with Crippen LogP contribution in [0.1, 0.15) is 40.4 Å². The maximum absolute atomic E-state index is 15.0. The Bertz CT molecular complexity index is 2100. The molecule has 3 heterocycles. The quantitative estimate of drug-likeness (QED) is 0.142. The van der Waals surface area contributed by atoms with Crippen LogP contribution in [0.4, 0.5) is 11.4 Å². The number of nitrogens with one attached hydrogen (secondary N) is 1. The lowest BCUT2D eigenvalue weighted by molar-refractivity contribution is -0.150. The van der Waals surface area contributed by atoms with Crippen molar-refractivity contribution in [3.63, 3.8) is 0 Å². The van der Waals surface area contributed by atoms with E-state index in [9.17, 15) is 19.5 Å². The van der Waals surface area contributed by atoms with Crippen molar-refractivity contribution in [1.82, 2.24) is 4.90 Å². The molecule has 3 aliphatic heterocycles. The average Bonchev–Trinajstić information content (AvgIpc) is 3.63. The molecule has 4 aromatic carbocycles. The van der Waals surface area contributed by atoms with Crippen LogP contribution >= 0.6 is 0 Å². The van der Waals surface area contributed by atoms with Crippen molar-refractivity contribution in [2.24, 2.45) is 5.92 Å². The molecule has 1 spiro atoms. The summed E-state index contributed by atoms with van der Waals surface area (Å²) in [5.41, 5.74) is 2.88. The summed E-state index contributed by atoms with van der Waals surface area (Å²) >= 11 is 0. The topological polar surface area (TPSA) is 118 Å². The number of aliphatic hydroxyl groups excluding tert-OH is 1. The number of hydrogen-bond donors (Lipinski definition) is 2. The first-order chi connectivity index (χ1) is 26.5. The summed E-state index contributed by atoms with van der Waals surface area (Å²) in [5, 5.41) is 14.6. The molecule has 10 nitrogen and oxygen atoms in total. The van der Waals surface area contributed by atoms with Crippen molar-refractivity contribution < 1.29 is 33.7 Å². The summed E-state index contributed by atoms with van der Waals surface area (Å²) in [5.74, 6) is 0.384. The smallest absolute Gasteiger partial charge is 0.264 e. The molecule has 286 valence electrons. The van der Waals surface area contributed by atoms with Crippen LogP contribution < -0.4 is 24.9 Å². The zero-order valence-electron chi connectivity index (χ0n) is 32.1. The third-order valence-electron chi connectivity index (χ3n) is 12.0. The van der Waals surface area contributed by atoms with Crippen LogP contribution in [0.2, 0.25) is 18.6 Å². The Morgan fingerprint density at radius 3 is 2.27 bits per heavy atom. The van der Waals surface area contributed by atoms with Gasteiger partial charge in [-0.3, -0.25) is 14.4 Å². The molecule has 1 saturated heterocycles. The minimum Gasteiger partial charge on any atom is -0.497 e. The van der Waals surface area contributed by atoms with Gasteiger partial charge in [0.1, 0.15) is 11.5 Å². The molecule has 55 heavy (non-hydrogen) atoms. The molecule has 4 aromatic rings. The summed E-state index contributed by atoms with van der Waals surface area (Å²) in [4.78, 5) is 46.4. The summed E-state index contributed by atoms with van der Waals surface area (Å²) in [6, 6.07) is 28.1. The number of hydrogen-bond acceptors (Lipinski definition) is 7. The Hall–Kier alpha value is -5.23. The van der Waals surface area contributed by atoms with Gasteiger partial charge in [-0.1, -0.05) is 67.7 Å². The zero-order valence-corrected chi connectivity index (χ0v) is 33.1. The predicted molar refractivity (Wildman–Crippen MR) is 216 cm³/mol. The molecular formula is C44H49N3O7Si. The first kappa shape index (κ1) is 38.1. The zero-order chi connectivity index (χ0) is 39.1. The molecule has 0 radical (unpaired) electrons. The molecule has 0 aliphatic carbocycles. The van der Waals surface area contributed by atoms with Gasteiger partial charge in [-0.25, -0.2) is 0 Å². The molecule has 5 atom stereocenters. The molecule has 0 unspecified atom stereocenters. The van der Waals surface area contributed by atoms with E-state index in [2.05, 4.69) is 50.1 Å². The molecule has 0 saturated carbocycles. The second kappa shape index (κ2) is 15.1. The molecule has 2 N–H and O–H groups in total. The fraction of sp³-hybridized carbons (Fsp3) is 0.341. The highest BCUT2D eigenvalue weighted by Gasteiger charge is 2.66. The van der Waals surface area contributed by atoms with Gasteiger partial charge in [-0.05, 0) is 77.7 Å². The van der Waals surface area contributed by atoms with E-state index in [0.717, 1.165) is 22.1 Å². The van der Waals surface area contributed by atoms with Gasteiger partial charge >= 0.3 is 0 Å². The number of amides is 3. The number of ether oxygens (including phenoxy) is 3. The molecule has 3 aliphatic rings. The predicted octanol–water partition coefficient (Wildman–Crippen LogP) is 6.04. The summed E-state index contributed by atoms with van der Waals surface area (Å²) < 4.78 is 18.0. The number of nitrogens with zero attached hydrogens (tertiary/aromatic N) is 2. The monoisotopic (exact) mass is 759 g/mol. The van der Waals surface area contributed by atoms with E-state index in [1.165, 1.54) is 0 Å². The first-order valence-corrected chi connectivity index (χ1v) is 21.9. The maximum Gasteiger partial charge on any atom is 0.264 e. The van der Waals surface area contributed by atoms with E-state index in [1.807, 2.05) is 42.5 Å². The van der Waals surface area contributed by atoms with Crippen LogP contribution in [0, 0.1) is 5.92 Å². The molecule has 3 amide bonds. The highest BCUT2D eigenvalue weighted by atomic mass is 28.3. The summed E-state index contributed by atoms with van der Waals surface area (Å²) in [6.45, 7) is 11.1. The Balaban J connectivity index is 1.29. The second-order valence-corrected chi connectivity index (χ2v) is 20.0. The number of carbonyl (C=O) groups excluding carboxylic acids is 3. The van der Waals surface area contributed by atoms with Gasteiger partial charge in [-0.15, -0.1) is 6.58 Å². The van der Waals surface area contributed by atoms with Crippen molar-refractivity contribution in [1.29, 1.82) is 0 Å². The highest BCUT2D eigenvalue weighted by Crippen LogP contribution is 2.60. The highest BCUT2D eigenvalue weighted by molar-refractivity contribution is 6.91. The van der Waals surface area contributed by atoms with Crippen LogP contribution in [0.15, 0.2) is 104 Å². The molecule has 7 rings (SSSR count). The van der Waals surface area contributed by atoms with Gasteiger partial charge in [0.25, 0.3) is 11.8 Å². The molecule has 0 aromatic heterocycles. The van der Waals surface area contributed by atoms with E-state index in [-0.39, 0.29) is 54.8 Å². The minimum atomic E-state index is -2.56. The van der Waals surface area contributed by atoms with E-state index < -0.39 is 19.8 Å². The number of fused-ring (bicyclic) bond motifs is 3. The lowest BCUT2D eigenvalue weighted by Crippen LogP contribution is -2.52. The lowest BCUT2D eigenvalue weighted by atomic mass is 9.82. The summed E-state index contributed by atoms with van der Waals surface area (Å²) in [6.07, 6.45) is 1.67. The summed E-state index contributed by atoms with van der Waals surface area (Å²) in [7, 11) is 0.656. The van der Waals surface area contributed by atoms with Crippen molar-refractivity contribution >= 4 is 42.4 Å². The van der Waals surface area contributed by atoms with Gasteiger partial charge in [0.15, 0.2) is 5.60 Å². The first-order valence-electron chi connectivity index (χ1n) is 18.8. The van der Waals surface area contributed by atoms with Gasteiger partial charge in [0.05, 0.1) is 53.2 Å². The van der Waals surface area contributed by atoms with Crippen molar-refractivity contribution in [3.05, 3.63) is 126 Å². The van der Waals surface area contributed by atoms with Crippen molar-refractivity contribution in [2.75, 3.05) is 37.6 Å². The van der Waals surface area contributed by atoms with E-state index in [4.69, 9.17) is 14.2 Å². The average molecular weight is 760 g/mol. The van der Waals surface area contributed by atoms with E-state index in [1.54, 1.807) is 60.4 Å². The lowest BCUT2D eigenvalue weighted by Gasteiger charge is -2.39. The van der Waals surface area contributed by atoms with Gasteiger partial charge < -0.3 is 34.4 Å². The molecular weight excluding hydrogens is 711 g/mol. The normalized spacial score (nSPS) is 23.0. The number of anilines is 2. The largest absolute Gasteiger partial charge is 0.497 e. The maximum atomic E-state index is 15.0. The fourth-order valence-corrected chi connectivity index (χ4v) is 13.2. The Labute approximate surface area is 323 Å². The van der Waals surface area contributed by atoms with Crippen LogP contribution in [-0.2, 0) is 32.9 Å². The van der Waals surface area contributed by atoms with E-state index in [0.29, 0.717) is 41.2 Å². The number of carbonyl (C=O) groups is 3. The fourth-order valence-electron chi connectivity index (χ4n) is 9.18. The second-order valence-electron chi connectivity index (χ2n) is 15.3. The Morgan fingerprint density at radius 2 is 1.64 bits per heavy atom. The van der Waals surface area contributed by atoms with Crippen LogP contribution in [0.3, 0.4) is 0 Å². The minimum absolute atomic E-state index is 0.0416. The van der Waals surface area contributed by atoms with Gasteiger partial charge in [0.2, 0.25) is 5.91 Å².